The average molecular weight is 220 g/mol. The molecule has 1 aliphatic carbocycles. The van der Waals surface area contributed by atoms with E-state index < -0.39 is 6.73 Å². The zero-order valence-corrected chi connectivity index (χ0v) is 9.76. The van der Waals surface area contributed by atoms with E-state index in [2.05, 4.69) is 13.8 Å². The second kappa shape index (κ2) is 4.86. The standard InChI is InChI=1S/C6H12.Cl3HSi/c1-3-6(2)4-5-6;1-4(2)3/h3-5H2,1-2H3;4H. The lowest BCUT2D eigenvalue weighted by atomic mass is 10.1. The molecule has 1 aliphatic rings. The van der Waals surface area contributed by atoms with Crippen molar-refractivity contribution in [1.29, 1.82) is 0 Å². The van der Waals surface area contributed by atoms with Crippen LogP contribution >= 0.6 is 33.2 Å². The van der Waals surface area contributed by atoms with Crippen LogP contribution in [-0.2, 0) is 0 Å². The van der Waals surface area contributed by atoms with Crippen molar-refractivity contribution in [2.75, 3.05) is 0 Å². The van der Waals surface area contributed by atoms with Crippen molar-refractivity contribution in [2.24, 2.45) is 5.41 Å². The Hall–Kier alpha value is 1.09. The summed E-state index contributed by atoms with van der Waals surface area (Å²) in [6, 6.07) is 0. The van der Waals surface area contributed by atoms with Crippen LogP contribution < -0.4 is 0 Å². The van der Waals surface area contributed by atoms with Crippen molar-refractivity contribution in [2.45, 2.75) is 33.1 Å². The molecule has 0 aromatic carbocycles. The predicted octanol–water partition coefficient (Wildman–Crippen LogP) is 3.62. The quantitative estimate of drug-likeness (QED) is 0.467. The van der Waals surface area contributed by atoms with Crippen molar-refractivity contribution in [3.63, 3.8) is 0 Å². The highest BCUT2D eigenvalue weighted by Gasteiger charge is 2.34. The molecule has 0 bridgehead atoms. The van der Waals surface area contributed by atoms with Gasteiger partial charge in [-0.1, -0.05) is 20.3 Å². The molecule has 0 spiro atoms. The zero-order valence-electron chi connectivity index (χ0n) is 6.33. The summed E-state index contributed by atoms with van der Waals surface area (Å²) in [5.41, 5.74) is 0.792. The van der Waals surface area contributed by atoms with Crippen molar-refractivity contribution in [3.05, 3.63) is 0 Å². The summed E-state index contributed by atoms with van der Waals surface area (Å²) in [5, 5.41) is 0. The first-order valence-electron chi connectivity index (χ1n) is 3.42. The van der Waals surface area contributed by atoms with E-state index in [1.807, 2.05) is 0 Å². The van der Waals surface area contributed by atoms with Gasteiger partial charge < -0.3 is 0 Å². The highest BCUT2D eigenvalue weighted by molar-refractivity contribution is 7.54. The van der Waals surface area contributed by atoms with Gasteiger partial charge in [0.05, 0.1) is 0 Å². The van der Waals surface area contributed by atoms with E-state index in [4.69, 9.17) is 33.2 Å². The summed E-state index contributed by atoms with van der Waals surface area (Å²) >= 11 is 14.8. The maximum absolute atomic E-state index is 4.94. The van der Waals surface area contributed by atoms with Crippen LogP contribution in [0.4, 0.5) is 0 Å². The van der Waals surface area contributed by atoms with Gasteiger partial charge in [0.15, 0.2) is 0 Å². The molecule has 0 radical (unpaired) electrons. The third kappa shape index (κ3) is 7.20. The molecule has 1 rings (SSSR count). The Balaban J connectivity index is 0.000000180. The minimum Gasteiger partial charge on any atom is -0.130 e. The number of halogens is 3. The normalized spacial score (nSPS) is 19.8. The number of hydrogen-bond acceptors (Lipinski definition) is 0. The topological polar surface area (TPSA) is 0 Å². The SMILES string of the molecule is CCC1(C)CC1.Cl[SiH](Cl)Cl. The van der Waals surface area contributed by atoms with Gasteiger partial charge in [-0.25, -0.2) is 0 Å². The zero-order chi connectivity index (χ0) is 8.20. The van der Waals surface area contributed by atoms with Crippen LogP contribution in [0, 0.1) is 5.41 Å². The summed E-state index contributed by atoms with van der Waals surface area (Å²) in [5.74, 6) is 0. The van der Waals surface area contributed by atoms with Crippen molar-refractivity contribution in [1.82, 2.24) is 0 Å². The van der Waals surface area contributed by atoms with Gasteiger partial charge in [-0.2, -0.15) is 0 Å². The summed E-state index contributed by atoms with van der Waals surface area (Å²) in [6.45, 7) is 2.90. The molecule has 0 N–H and O–H groups in total. The maximum Gasteiger partial charge on any atom is 0.326 e. The number of hydrogen-bond donors (Lipinski definition) is 0. The fraction of sp³-hybridized carbons (Fsp3) is 1.00. The molecular formula is C6H13Cl3Si. The van der Waals surface area contributed by atoms with E-state index in [1.54, 1.807) is 0 Å². The molecule has 0 aromatic rings. The largest absolute Gasteiger partial charge is 0.326 e. The summed E-state index contributed by atoms with van der Waals surface area (Å²) < 4.78 is 0. The molecule has 0 unspecified atom stereocenters. The Kier molecular flexibility index (Phi) is 5.39. The molecule has 0 saturated heterocycles. The third-order valence-electron chi connectivity index (χ3n) is 1.96. The van der Waals surface area contributed by atoms with Gasteiger partial charge in [-0.05, 0) is 18.3 Å². The lowest BCUT2D eigenvalue weighted by Crippen LogP contribution is -1.84. The van der Waals surface area contributed by atoms with Gasteiger partial charge in [-0.15, -0.1) is 33.2 Å². The molecule has 0 nitrogen and oxygen atoms in total. The van der Waals surface area contributed by atoms with Crippen LogP contribution in [0.2, 0.25) is 0 Å². The van der Waals surface area contributed by atoms with Crippen molar-refractivity contribution >= 4 is 40.0 Å². The molecular weight excluding hydrogens is 207 g/mol. The minimum atomic E-state index is -1.72. The Morgan fingerprint density at radius 1 is 1.30 bits per heavy atom. The third-order valence-corrected chi connectivity index (χ3v) is 1.96. The molecule has 0 aromatic heterocycles. The van der Waals surface area contributed by atoms with E-state index in [1.165, 1.54) is 19.3 Å². The first kappa shape index (κ1) is 11.1. The maximum atomic E-state index is 4.94. The van der Waals surface area contributed by atoms with E-state index in [0.717, 1.165) is 5.41 Å². The summed E-state index contributed by atoms with van der Waals surface area (Å²) in [7, 11) is 0. The van der Waals surface area contributed by atoms with Crippen LogP contribution in [-0.4, -0.2) is 6.73 Å². The first-order valence-corrected chi connectivity index (χ1v) is 8.66. The van der Waals surface area contributed by atoms with Crippen LogP contribution in [0.3, 0.4) is 0 Å². The Labute approximate surface area is 78.6 Å². The molecule has 0 amide bonds. The second-order valence-corrected chi connectivity index (χ2v) is 9.34. The van der Waals surface area contributed by atoms with Gasteiger partial charge in [-0.3, -0.25) is 0 Å². The predicted molar refractivity (Wildman–Crippen MR) is 52.3 cm³/mol. The molecule has 4 heteroatoms. The highest BCUT2D eigenvalue weighted by atomic mass is 35.8. The Morgan fingerprint density at radius 3 is 1.60 bits per heavy atom. The minimum absolute atomic E-state index is 0.792. The lowest BCUT2D eigenvalue weighted by molar-refractivity contribution is 0.551. The van der Waals surface area contributed by atoms with Gasteiger partial charge in [0.2, 0.25) is 0 Å². The molecule has 10 heavy (non-hydrogen) atoms. The molecule has 1 saturated carbocycles. The second-order valence-electron chi connectivity index (χ2n) is 2.91. The van der Waals surface area contributed by atoms with E-state index in [9.17, 15) is 0 Å². The van der Waals surface area contributed by atoms with E-state index >= 15 is 0 Å². The van der Waals surface area contributed by atoms with Crippen LogP contribution in [0.5, 0.6) is 0 Å². The lowest BCUT2D eigenvalue weighted by Gasteiger charge is -1.96. The van der Waals surface area contributed by atoms with Crippen molar-refractivity contribution in [3.8, 4) is 0 Å². The van der Waals surface area contributed by atoms with Gasteiger partial charge in [0.1, 0.15) is 0 Å². The van der Waals surface area contributed by atoms with Gasteiger partial charge >= 0.3 is 6.73 Å². The molecule has 1 fully saturated rings. The van der Waals surface area contributed by atoms with E-state index in [-0.39, 0.29) is 0 Å². The Bertz CT molecular complexity index is 88.2. The first-order chi connectivity index (χ1) is 4.50. The van der Waals surface area contributed by atoms with Crippen molar-refractivity contribution < 1.29 is 0 Å². The fourth-order valence-corrected chi connectivity index (χ4v) is 0.567. The summed E-state index contributed by atoms with van der Waals surface area (Å²) in [4.78, 5) is 0. The summed E-state index contributed by atoms with van der Waals surface area (Å²) in [6.07, 6.45) is 4.33. The monoisotopic (exact) mass is 218 g/mol. The molecule has 0 aliphatic heterocycles. The van der Waals surface area contributed by atoms with Crippen LogP contribution in [0.1, 0.15) is 33.1 Å². The Morgan fingerprint density at radius 2 is 1.60 bits per heavy atom. The van der Waals surface area contributed by atoms with Gasteiger partial charge in [0, 0.05) is 0 Å². The van der Waals surface area contributed by atoms with Crippen LogP contribution in [0.25, 0.3) is 0 Å². The molecule has 62 valence electrons. The molecule has 0 atom stereocenters. The fourth-order valence-electron chi connectivity index (χ4n) is 0.567. The highest BCUT2D eigenvalue weighted by Crippen LogP contribution is 2.47. The van der Waals surface area contributed by atoms with Gasteiger partial charge in [0.25, 0.3) is 0 Å². The van der Waals surface area contributed by atoms with Crippen LogP contribution in [0.15, 0.2) is 0 Å². The average Bonchev–Trinajstić information content (AvgIpc) is 2.48. The number of rotatable bonds is 1. The van der Waals surface area contributed by atoms with E-state index in [0.29, 0.717) is 0 Å². The molecule has 0 heterocycles. The smallest absolute Gasteiger partial charge is 0.130 e.